The van der Waals surface area contributed by atoms with Gasteiger partial charge in [0.25, 0.3) is 0 Å². The van der Waals surface area contributed by atoms with Gasteiger partial charge < -0.3 is 9.47 Å². The van der Waals surface area contributed by atoms with Gasteiger partial charge in [0.1, 0.15) is 33.7 Å². The van der Waals surface area contributed by atoms with Crippen molar-refractivity contribution in [2.75, 3.05) is 4.90 Å². The number of halogens is 1. The van der Waals surface area contributed by atoms with E-state index in [4.69, 9.17) is 21.1 Å². The van der Waals surface area contributed by atoms with Crippen molar-refractivity contribution in [3.63, 3.8) is 0 Å². The molecule has 8 nitrogen and oxygen atoms in total. The van der Waals surface area contributed by atoms with Gasteiger partial charge >= 0.3 is 12.2 Å². The zero-order valence-corrected chi connectivity index (χ0v) is 20.5. The number of hydrogen-bond acceptors (Lipinski definition) is 6. The molecular formula is C20H30ClN3O5S. The second-order valence-corrected chi connectivity index (χ2v) is 11.8. The third kappa shape index (κ3) is 8.39. The largest absolute Gasteiger partial charge is 0.443 e. The van der Waals surface area contributed by atoms with Crippen molar-refractivity contribution in [2.24, 2.45) is 4.40 Å². The van der Waals surface area contributed by atoms with E-state index in [2.05, 4.69) is 9.38 Å². The van der Waals surface area contributed by atoms with E-state index in [0.717, 1.165) is 0 Å². The number of imide groups is 1. The van der Waals surface area contributed by atoms with Gasteiger partial charge in [-0.15, -0.1) is 0 Å². The summed E-state index contributed by atoms with van der Waals surface area (Å²) in [6.07, 6.45) is -0.657. The van der Waals surface area contributed by atoms with Crippen LogP contribution in [0.25, 0.3) is 0 Å². The molecule has 2 amide bonds. The summed E-state index contributed by atoms with van der Waals surface area (Å²) < 4.78 is 26.3. The van der Waals surface area contributed by atoms with Gasteiger partial charge in [-0.25, -0.2) is 18.8 Å². The molecule has 0 aliphatic carbocycles. The average Bonchev–Trinajstić information content (AvgIpc) is 2.50. The van der Waals surface area contributed by atoms with Gasteiger partial charge in [-0.05, 0) is 74.4 Å². The van der Waals surface area contributed by atoms with Gasteiger partial charge in [0.05, 0.1) is 16.0 Å². The number of nitrogens with zero attached hydrogens (tertiary/aromatic N) is 3. The molecule has 0 saturated carbocycles. The Bertz CT molecular complexity index is 823. The number of aromatic nitrogens is 1. The second-order valence-electron chi connectivity index (χ2n) is 9.43. The minimum atomic E-state index is -1.53. The van der Waals surface area contributed by atoms with E-state index in [1.54, 1.807) is 62.3 Å². The molecule has 1 unspecified atom stereocenters. The van der Waals surface area contributed by atoms with Crippen LogP contribution < -0.4 is 4.90 Å². The average molecular weight is 460 g/mol. The van der Waals surface area contributed by atoms with Crippen molar-refractivity contribution < 1.29 is 23.3 Å². The van der Waals surface area contributed by atoms with E-state index in [9.17, 15) is 13.8 Å². The van der Waals surface area contributed by atoms with E-state index in [1.807, 2.05) is 0 Å². The molecular weight excluding hydrogens is 430 g/mol. The predicted molar refractivity (Wildman–Crippen MR) is 120 cm³/mol. The molecule has 1 aromatic heterocycles. The van der Waals surface area contributed by atoms with Crippen LogP contribution in [-0.4, -0.2) is 43.5 Å². The number of amides is 2. The number of carbonyl (C=O) groups is 2. The summed E-state index contributed by atoms with van der Waals surface area (Å²) in [5.41, 5.74) is -1.56. The van der Waals surface area contributed by atoms with Crippen LogP contribution in [0.4, 0.5) is 15.4 Å². The van der Waals surface area contributed by atoms with E-state index in [-0.39, 0.29) is 16.5 Å². The standard InChI is InChI=1S/C20H30ClN3O5S/c1-18(2,3)28-16(25)24(17(26)29-19(4,5)6)15-11-10-13(21)14(23-15)12-22-30(27)20(7,8)9/h10-12H,1-9H3. The molecule has 0 spiro atoms. The van der Waals surface area contributed by atoms with Crippen LogP contribution in [-0.2, 0) is 20.5 Å². The Hall–Kier alpha value is -2.00. The Morgan fingerprint density at radius 1 is 1.00 bits per heavy atom. The Morgan fingerprint density at radius 3 is 1.87 bits per heavy atom. The molecule has 1 atom stereocenters. The van der Waals surface area contributed by atoms with E-state index >= 15 is 0 Å². The fourth-order valence-corrected chi connectivity index (χ4v) is 2.46. The van der Waals surface area contributed by atoms with Gasteiger partial charge in [0.2, 0.25) is 0 Å². The first-order chi connectivity index (χ1) is 13.4. The minimum Gasteiger partial charge on any atom is -0.443 e. The van der Waals surface area contributed by atoms with E-state index in [0.29, 0.717) is 4.90 Å². The van der Waals surface area contributed by atoms with Gasteiger partial charge in [-0.1, -0.05) is 11.6 Å². The lowest BCUT2D eigenvalue weighted by atomic mass is 10.2. The summed E-state index contributed by atoms with van der Waals surface area (Å²) in [6, 6.07) is 2.83. The Balaban J connectivity index is 3.39. The summed E-state index contributed by atoms with van der Waals surface area (Å²) in [5, 5.41) is 0.210. The van der Waals surface area contributed by atoms with Crippen LogP contribution in [0.2, 0.25) is 5.02 Å². The van der Waals surface area contributed by atoms with Crippen molar-refractivity contribution in [1.29, 1.82) is 0 Å². The Kier molecular flexibility index (Phi) is 8.18. The molecule has 168 valence electrons. The van der Waals surface area contributed by atoms with E-state index < -0.39 is 39.1 Å². The predicted octanol–water partition coefficient (Wildman–Crippen LogP) is 5.29. The van der Waals surface area contributed by atoms with Crippen LogP contribution in [0.1, 0.15) is 68.0 Å². The molecule has 0 aliphatic heterocycles. The number of rotatable bonds is 3. The second kappa shape index (κ2) is 9.43. The van der Waals surface area contributed by atoms with Crippen molar-refractivity contribution >= 4 is 46.8 Å². The lowest BCUT2D eigenvalue weighted by Gasteiger charge is -2.28. The third-order valence-electron chi connectivity index (χ3n) is 3.03. The van der Waals surface area contributed by atoms with Crippen LogP contribution in [0, 0.1) is 0 Å². The summed E-state index contributed by atoms with van der Waals surface area (Å²) >= 11 is 6.17. The summed E-state index contributed by atoms with van der Waals surface area (Å²) in [6.45, 7) is 15.4. The minimum absolute atomic E-state index is 0.0640. The highest BCUT2D eigenvalue weighted by Gasteiger charge is 2.33. The molecule has 10 heteroatoms. The topological polar surface area (TPSA) is 98.2 Å². The molecule has 0 aromatic carbocycles. The fourth-order valence-electron chi connectivity index (χ4n) is 1.79. The zero-order chi connectivity index (χ0) is 23.5. The smallest absolute Gasteiger partial charge is 0.425 e. The summed E-state index contributed by atoms with van der Waals surface area (Å²) in [4.78, 5) is 30.4. The van der Waals surface area contributed by atoms with Gasteiger partial charge in [-0.3, -0.25) is 0 Å². The number of carbonyl (C=O) groups excluding carboxylic acids is 2. The highest BCUT2D eigenvalue weighted by molar-refractivity contribution is 7.85. The van der Waals surface area contributed by atoms with Gasteiger partial charge in [0, 0.05) is 0 Å². The molecule has 1 aromatic rings. The molecule has 1 heterocycles. The molecule has 0 bridgehead atoms. The number of pyridine rings is 1. The summed E-state index contributed by atoms with van der Waals surface area (Å²) in [7, 11) is -1.53. The number of ether oxygens (including phenoxy) is 2. The lowest BCUT2D eigenvalue weighted by Crippen LogP contribution is -2.44. The molecule has 1 rings (SSSR count). The van der Waals surface area contributed by atoms with E-state index in [1.165, 1.54) is 18.3 Å². The first-order valence-electron chi connectivity index (χ1n) is 9.29. The van der Waals surface area contributed by atoms with Crippen molar-refractivity contribution in [3.8, 4) is 0 Å². The maximum absolute atomic E-state index is 12.7. The van der Waals surface area contributed by atoms with Crippen molar-refractivity contribution in [1.82, 2.24) is 4.98 Å². The molecule has 0 aliphatic rings. The highest BCUT2D eigenvalue weighted by Crippen LogP contribution is 2.23. The first-order valence-corrected chi connectivity index (χ1v) is 10.8. The van der Waals surface area contributed by atoms with Crippen molar-refractivity contribution in [2.45, 2.75) is 78.3 Å². The van der Waals surface area contributed by atoms with Crippen molar-refractivity contribution in [3.05, 3.63) is 22.8 Å². The van der Waals surface area contributed by atoms with Crippen LogP contribution in [0.15, 0.2) is 16.5 Å². The molecule has 30 heavy (non-hydrogen) atoms. The Labute approximate surface area is 185 Å². The van der Waals surface area contributed by atoms with Gasteiger partial charge in [0.15, 0.2) is 0 Å². The molecule has 0 radical (unpaired) electrons. The van der Waals surface area contributed by atoms with Crippen LogP contribution in [0.3, 0.4) is 0 Å². The highest BCUT2D eigenvalue weighted by atomic mass is 35.5. The Morgan fingerprint density at radius 2 is 1.47 bits per heavy atom. The number of hydrogen-bond donors (Lipinski definition) is 0. The summed E-state index contributed by atoms with van der Waals surface area (Å²) in [5.74, 6) is -0.0640. The first kappa shape index (κ1) is 26.0. The maximum atomic E-state index is 12.7. The molecule has 0 N–H and O–H groups in total. The third-order valence-corrected chi connectivity index (χ3v) is 4.70. The lowest BCUT2D eigenvalue weighted by molar-refractivity contribution is 0.0429. The maximum Gasteiger partial charge on any atom is 0.425 e. The molecule has 0 saturated heterocycles. The fraction of sp³-hybridized carbons (Fsp3) is 0.600. The quantitative estimate of drug-likeness (QED) is 0.569. The monoisotopic (exact) mass is 459 g/mol. The van der Waals surface area contributed by atoms with Crippen LogP contribution in [0.5, 0.6) is 0 Å². The van der Waals surface area contributed by atoms with Crippen LogP contribution >= 0.6 is 11.6 Å². The normalized spacial score (nSPS) is 13.8. The SMILES string of the molecule is CC(C)(C)OC(=O)N(C(=O)OC(C)(C)C)c1ccc(Cl)c(C=NS(=O)C(C)(C)C)n1. The zero-order valence-electron chi connectivity index (χ0n) is 18.9. The number of anilines is 1. The molecule has 0 fully saturated rings. The van der Waals surface area contributed by atoms with Gasteiger partial charge in [-0.2, -0.15) is 9.30 Å².